The molecule has 5 nitrogen and oxygen atoms in total. The van der Waals surface area contributed by atoms with Crippen LogP contribution in [0.25, 0.3) is 11.1 Å². The Labute approximate surface area is 106 Å². The number of rotatable bonds is 3. The number of sulfone groups is 1. The lowest BCUT2D eigenvalue weighted by molar-refractivity contribution is 0.602. The van der Waals surface area contributed by atoms with Gasteiger partial charge in [0.2, 0.25) is 0 Å². The second kappa shape index (κ2) is 4.55. The zero-order valence-corrected chi connectivity index (χ0v) is 11.1. The molecule has 0 fully saturated rings. The molecule has 96 valence electrons. The minimum atomic E-state index is -3.16. The number of hydrogen-bond donors (Lipinski definition) is 1. The molecule has 0 aliphatic carbocycles. The molecular weight excluding hydrogens is 250 g/mol. The van der Waals surface area contributed by atoms with Crippen molar-refractivity contribution >= 4 is 9.84 Å². The van der Waals surface area contributed by atoms with Crippen molar-refractivity contribution in [1.29, 1.82) is 0 Å². The molecule has 0 aliphatic rings. The third-order valence-corrected chi connectivity index (χ3v) is 3.98. The predicted molar refractivity (Wildman–Crippen MR) is 69.6 cm³/mol. The van der Waals surface area contributed by atoms with Crippen molar-refractivity contribution in [3.8, 4) is 11.1 Å². The topological polar surface area (TPSA) is 78.0 Å². The summed E-state index contributed by atoms with van der Waals surface area (Å²) in [4.78, 5) is 0.310. The number of nitrogens with zero attached hydrogens (tertiary/aromatic N) is 2. The summed E-state index contributed by atoms with van der Waals surface area (Å²) in [6.07, 6.45) is 2.93. The summed E-state index contributed by atoms with van der Waals surface area (Å²) in [6, 6.07) is 6.73. The normalized spacial score (nSPS) is 11.7. The number of hydrogen-bond acceptors (Lipinski definition) is 4. The van der Waals surface area contributed by atoms with Crippen LogP contribution in [0, 0.1) is 0 Å². The highest BCUT2D eigenvalue weighted by atomic mass is 32.2. The van der Waals surface area contributed by atoms with Gasteiger partial charge in [0, 0.05) is 25.4 Å². The average Bonchev–Trinajstić information content (AvgIpc) is 2.69. The van der Waals surface area contributed by atoms with Crippen molar-refractivity contribution in [3.63, 3.8) is 0 Å². The van der Waals surface area contributed by atoms with Crippen LogP contribution in [-0.2, 0) is 23.4 Å². The fourth-order valence-corrected chi connectivity index (χ4v) is 2.46. The Balaban J connectivity index is 2.47. The summed E-state index contributed by atoms with van der Waals surface area (Å²) in [7, 11) is -1.33. The first-order chi connectivity index (χ1) is 8.43. The zero-order valence-electron chi connectivity index (χ0n) is 10.3. The average molecular weight is 265 g/mol. The SMILES string of the molecule is Cn1ncc(-c2ccc(S(C)(=O)=O)cc2)c1CN. The smallest absolute Gasteiger partial charge is 0.175 e. The standard InChI is InChI=1S/C12H15N3O2S/c1-15-12(7-13)11(8-14-15)9-3-5-10(6-4-9)18(2,16)17/h3-6,8H,7,13H2,1-2H3. The first-order valence-electron chi connectivity index (χ1n) is 5.45. The van der Waals surface area contributed by atoms with E-state index in [2.05, 4.69) is 5.10 Å². The van der Waals surface area contributed by atoms with Crippen LogP contribution in [0.2, 0.25) is 0 Å². The predicted octanol–water partition coefficient (Wildman–Crippen LogP) is 0.949. The molecule has 0 atom stereocenters. The Morgan fingerprint density at radius 2 is 1.89 bits per heavy atom. The van der Waals surface area contributed by atoms with E-state index in [0.29, 0.717) is 11.4 Å². The van der Waals surface area contributed by atoms with Crippen molar-refractivity contribution in [2.45, 2.75) is 11.4 Å². The van der Waals surface area contributed by atoms with Gasteiger partial charge >= 0.3 is 0 Å². The van der Waals surface area contributed by atoms with Crippen molar-refractivity contribution in [3.05, 3.63) is 36.2 Å². The van der Waals surface area contributed by atoms with E-state index in [1.54, 1.807) is 35.1 Å². The molecular formula is C12H15N3O2S. The van der Waals surface area contributed by atoms with Crippen molar-refractivity contribution < 1.29 is 8.42 Å². The van der Waals surface area contributed by atoms with Gasteiger partial charge in [-0.3, -0.25) is 4.68 Å². The molecule has 6 heteroatoms. The number of nitrogens with two attached hydrogens (primary N) is 1. The molecule has 0 unspecified atom stereocenters. The van der Waals surface area contributed by atoms with Gasteiger partial charge in [0.1, 0.15) is 0 Å². The van der Waals surface area contributed by atoms with Gasteiger partial charge in [-0.15, -0.1) is 0 Å². The first kappa shape index (κ1) is 12.8. The van der Waals surface area contributed by atoms with Crippen LogP contribution in [0.4, 0.5) is 0 Å². The van der Waals surface area contributed by atoms with Gasteiger partial charge in [-0.1, -0.05) is 12.1 Å². The van der Waals surface area contributed by atoms with Crippen LogP contribution >= 0.6 is 0 Å². The summed E-state index contributed by atoms with van der Waals surface area (Å²) in [5, 5.41) is 4.15. The molecule has 1 heterocycles. The second-order valence-electron chi connectivity index (χ2n) is 4.13. The lowest BCUT2D eigenvalue weighted by atomic mass is 10.1. The van der Waals surface area contributed by atoms with E-state index < -0.39 is 9.84 Å². The van der Waals surface area contributed by atoms with E-state index in [1.807, 2.05) is 7.05 Å². The van der Waals surface area contributed by atoms with Gasteiger partial charge in [-0.25, -0.2) is 8.42 Å². The van der Waals surface area contributed by atoms with Gasteiger partial charge in [0.05, 0.1) is 16.8 Å². The van der Waals surface area contributed by atoms with E-state index in [9.17, 15) is 8.42 Å². The molecule has 0 amide bonds. The van der Waals surface area contributed by atoms with Crippen molar-refractivity contribution in [2.75, 3.05) is 6.26 Å². The Morgan fingerprint density at radius 3 is 2.39 bits per heavy atom. The van der Waals surface area contributed by atoms with E-state index >= 15 is 0 Å². The third-order valence-electron chi connectivity index (χ3n) is 2.85. The van der Waals surface area contributed by atoms with Crippen molar-refractivity contribution in [2.24, 2.45) is 12.8 Å². The fourth-order valence-electron chi connectivity index (χ4n) is 1.83. The molecule has 2 N–H and O–H groups in total. The van der Waals surface area contributed by atoms with Gasteiger partial charge in [0.25, 0.3) is 0 Å². The highest BCUT2D eigenvalue weighted by Gasteiger charge is 2.11. The van der Waals surface area contributed by atoms with Gasteiger partial charge in [-0.05, 0) is 17.7 Å². The van der Waals surface area contributed by atoms with E-state index in [0.717, 1.165) is 16.8 Å². The minimum absolute atomic E-state index is 0.310. The Bertz CT molecular complexity index is 657. The molecule has 18 heavy (non-hydrogen) atoms. The van der Waals surface area contributed by atoms with E-state index in [-0.39, 0.29) is 0 Å². The van der Waals surface area contributed by atoms with Crippen LogP contribution in [0.15, 0.2) is 35.4 Å². The molecule has 1 aromatic carbocycles. The van der Waals surface area contributed by atoms with Gasteiger partial charge < -0.3 is 5.73 Å². The maximum Gasteiger partial charge on any atom is 0.175 e. The lowest BCUT2D eigenvalue weighted by Crippen LogP contribution is -2.05. The maximum absolute atomic E-state index is 11.4. The summed E-state index contributed by atoms with van der Waals surface area (Å²) in [5.41, 5.74) is 8.44. The van der Waals surface area contributed by atoms with Crippen LogP contribution in [0.3, 0.4) is 0 Å². The van der Waals surface area contributed by atoms with E-state index in [1.165, 1.54) is 6.26 Å². The molecule has 2 aromatic rings. The van der Waals surface area contributed by atoms with Crippen LogP contribution in [-0.4, -0.2) is 24.5 Å². The molecule has 2 rings (SSSR count). The summed E-state index contributed by atoms with van der Waals surface area (Å²) in [5.74, 6) is 0. The molecule has 0 radical (unpaired) electrons. The van der Waals surface area contributed by atoms with Gasteiger partial charge in [-0.2, -0.15) is 5.10 Å². The maximum atomic E-state index is 11.4. The van der Waals surface area contributed by atoms with Crippen LogP contribution < -0.4 is 5.73 Å². The summed E-state index contributed by atoms with van der Waals surface area (Å²) < 4.78 is 24.5. The molecule has 0 aliphatic heterocycles. The van der Waals surface area contributed by atoms with Gasteiger partial charge in [0.15, 0.2) is 9.84 Å². The van der Waals surface area contributed by atoms with E-state index in [4.69, 9.17) is 5.73 Å². The number of aromatic nitrogens is 2. The minimum Gasteiger partial charge on any atom is -0.325 e. The fraction of sp³-hybridized carbons (Fsp3) is 0.250. The van der Waals surface area contributed by atoms with Crippen LogP contribution in [0.1, 0.15) is 5.69 Å². The van der Waals surface area contributed by atoms with Crippen molar-refractivity contribution in [1.82, 2.24) is 9.78 Å². The number of aryl methyl sites for hydroxylation is 1. The molecule has 0 saturated carbocycles. The highest BCUT2D eigenvalue weighted by Crippen LogP contribution is 2.24. The summed E-state index contributed by atoms with van der Waals surface area (Å²) in [6.45, 7) is 0.389. The molecule has 0 saturated heterocycles. The summed E-state index contributed by atoms with van der Waals surface area (Å²) >= 11 is 0. The largest absolute Gasteiger partial charge is 0.325 e. The molecule has 0 spiro atoms. The van der Waals surface area contributed by atoms with Crippen LogP contribution in [0.5, 0.6) is 0 Å². The highest BCUT2D eigenvalue weighted by molar-refractivity contribution is 7.90. The lowest BCUT2D eigenvalue weighted by Gasteiger charge is -2.04. The number of benzene rings is 1. The zero-order chi connectivity index (χ0) is 13.3. The molecule has 1 aromatic heterocycles. The molecule has 0 bridgehead atoms. The second-order valence-corrected chi connectivity index (χ2v) is 6.14. The first-order valence-corrected chi connectivity index (χ1v) is 7.34. The Morgan fingerprint density at radius 1 is 1.28 bits per heavy atom. The Kier molecular flexibility index (Phi) is 3.23. The third kappa shape index (κ3) is 2.30. The monoisotopic (exact) mass is 265 g/mol. The Hall–Kier alpha value is -1.66. The quantitative estimate of drug-likeness (QED) is 0.896.